The fourth-order valence-corrected chi connectivity index (χ4v) is 2.28. The number of hydrogen-bond acceptors (Lipinski definition) is 4. The van der Waals surface area contributed by atoms with Crippen LogP contribution in [0, 0.1) is 0 Å². The molecule has 130 valence electrons. The predicted octanol–water partition coefficient (Wildman–Crippen LogP) is 2.31. The van der Waals surface area contributed by atoms with Crippen LogP contribution in [-0.4, -0.2) is 37.3 Å². The van der Waals surface area contributed by atoms with Crippen molar-refractivity contribution in [2.75, 3.05) is 25.0 Å². The Morgan fingerprint density at radius 1 is 1.25 bits per heavy atom. The maximum Gasteiger partial charge on any atom is 0.314 e. The fourth-order valence-electron chi connectivity index (χ4n) is 2.28. The van der Waals surface area contributed by atoms with Crippen molar-refractivity contribution < 1.29 is 14.3 Å². The van der Waals surface area contributed by atoms with Gasteiger partial charge in [-0.1, -0.05) is 18.2 Å². The summed E-state index contributed by atoms with van der Waals surface area (Å²) >= 11 is 0. The Kier molecular flexibility index (Phi) is 5.87. The number of hydrogen-bond donors (Lipinski definition) is 3. The first-order valence-corrected chi connectivity index (χ1v) is 7.96. The van der Waals surface area contributed by atoms with E-state index in [-0.39, 0.29) is 18.6 Å². The molecule has 1 aromatic carbocycles. The number of likely N-dealkylation sites (N-methyl/N-ethyl adjacent to an activating group) is 1. The summed E-state index contributed by atoms with van der Waals surface area (Å²) in [5.74, 6) is 0.417. The van der Waals surface area contributed by atoms with Crippen LogP contribution in [0.25, 0.3) is 0 Å². The van der Waals surface area contributed by atoms with Crippen LogP contribution in [0.3, 0.4) is 0 Å². The Balaban J connectivity index is 1.77. The van der Waals surface area contributed by atoms with E-state index in [0.29, 0.717) is 12.3 Å². The molecule has 2 aromatic rings. The van der Waals surface area contributed by atoms with Crippen molar-refractivity contribution in [3.05, 3.63) is 54.5 Å². The number of rotatable bonds is 7. The SMILES string of the molecule is C[C@@H](CNC(=O)NC[C@@](C)(O)c1ccco1)N(C)c1ccccc1. The third-order valence-corrected chi connectivity index (χ3v) is 4.03. The van der Waals surface area contributed by atoms with E-state index in [1.165, 1.54) is 6.26 Å². The smallest absolute Gasteiger partial charge is 0.314 e. The summed E-state index contributed by atoms with van der Waals surface area (Å²) in [4.78, 5) is 14.0. The van der Waals surface area contributed by atoms with Crippen LogP contribution in [0.2, 0.25) is 0 Å². The second-order valence-corrected chi connectivity index (χ2v) is 6.11. The van der Waals surface area contributed by atoms with E-state index in [9.17, 15) is 9.90 Å². The number of nitrogens with one attached hydrogen (secondary N) is 2. The third kappa shape index (κ3) is 4.76. The van der Waals surface area contributed by atoms with E-state index < -0.39 is 5.60 Å². The average molecular weight is 331 g/mol. The number of furan rings is 1. The maximum absolute atomic E-state index is 11.9. The molecular weight excluding hydrogens is 306 g/mol. The normalized spacial score (nSPS) is 14.5. The zero-order valence-corrected chi connectivity index (χ0v) is 14.3. The first-order chi connectivity index (χ1) is 11.4. The van der Waals surface area contributed by atoms with Gasteiger partial charge >= 0.3 is 6.03 Å². The second kappa shape index (κ2) is 7.88. The van der Waals surface area contributed by atoms with Crippen molar-refractivity contribution in [3.63, 3.8) is 0 Å². The van der Waals surface area contributed by atoms with Crippen LogP contribution in [-0.2, 0) is 5.60 Å². The molecule has 0 radical (unpaired) electrons. The minimum Gasteiger partial charge on any atom is -0.466 e. The van der Waals surface area contributed by atoms with Gasteiger partial charge in [-0.25, -0.2) is 4.79 Å². The molecule has 0 aliphatic rings. The van der Waals surface area contributed by atoms with E-state index in [1.54, 1.807) is 19.1 Å². The van der Waals surface area contributed by atoms with Crippen LogP contribution in [0.5, 0.6) is 0 Å². The van der Waals surface area contributed by atoms with Gasteiger partial charge in [0.2, 0.25) is 0 Å². The van der Waals surface area contributed by atoms with E-state index >= 15 is 0 Å². The first-order valence-electron chi connectivity index (χ1n) is 7.96. The molecule has 0 spiro atoms. The van der Waals surface area contributed by atoms with Crippen LogP contribution in [0.4, 0.5) is 10.5 Å². The highest BCUT2D eigenvalue weighted by molar-refractivity contribution is 5.74. The number of carbonyl (C=O) groups is 1. The molecule has 0 saturated carbocycles. The van der Waals surface area contributed by atoms with Gasteiger partial charge in [0.1, 0.15) is 11.4 Å². The average Bonchev–Trinajstić information content (AvgIpc) is 3.13. The monoisotopic (exact) mass is 331 g/mol. The molecular formula is C18H25N3O3. The van der Waals surface area contributed by atoms with Crippen LogP contribution in [0.1, 0.15) is 19.6 Å². The standard InChI is InChI=1S/C18H25N3O3/c1-14(21(3)15-8-5-4-6-9-15)12-19-17(22)20-13-18(2,23)16-10-7-11-24-16/h4-11,14,23H,12-13H2,1-3H3,(H2,19,20,22)/t14-,18+/m0/s1. The van der Waals surface area contributed by atoms with Crippen molar-refractivity contribution in [1.82, 2.24) is 10.6 Å². The Bertz CT molecular complexity index is 626. The molecule has 0 unspecified atom stereocenters. The Labute approximate surface area is 142 Å². The molecule has 0 bridgehead atoms. The zero-order chi connectivity index (χ0) is 17.6. The second-order valence-electron chi connectivity index (χ2n) is 6.11. The molecule has 6 nitrogen and oxygen atoms in total. The number of benzene rings is 1. The highest BCUT2D eigenvalue weighted by Gasteiger charge is 2.26. The minimum atomic E-state index is -1.24. The zero-order valence-electron chi connectivity index (χ0n) is 14.3. The van der Waals surface area contributed by atoms with E-state index in [2.05, 4.69) is 15.5 Å². The molecule has 0 aliphatic carbocycles. The number of anilines is 1. The summed E-state index contributed by atoms with van der Waals surface area (Å²) in [6.45, 7) is 4.18. The lowest BCUT2D eigenvalue weighted by atomic mass is 10.0. The molecule has 24 heavy (non-hydrogen) atoms. The summed E-state index contributed by atoms with van der Waals surface area (Å²) in [5, 5.41) is 15.8. The number of urea groups is 1. The molecule has 2 atom stereocenters. The van der Waals surface area contributed by atoms with E-state index in [1.807, 2.05) is 44.3 Å². The van der Waals surface area contributed by atoms with Crippen LogP contribution >= 0.6 is 0 Å². The highest BCUT2D eigenvalue weighted by Crippen LogP contribution is 2.19. The lowest BCUT2D eigenvalue weighted by molar-refractivity contribution is 0.0367. The number of para-hydroxylation sites is 1. The molecule has 1 heterocycles. The van der Waals surface area contributed by atoms with Crippen molar-refractivity contribution in [3.8, 4) is 0 Å². The van der Waals surface area contributed by atoms with Gasteiger partial charge in [0.15, 0.2) is 0 Å². The first kappa shape index (κ1) is 17.9. The van der Waals surface area contributed by atoms with Gasteiger partial charge in [-0.05, 0) is 38.1 Å². The van der Waals surface area contributed by atoms with Gasteiger partial charge in [0, 0.05) is 25.3 Å². The van der Waals surface area contributed by atoms with Crippen molar-refractivity contribution in [2.24, 2.45) is 0 Å². The van der Waals surface area contributed by atoms with Gasteiger partial charge in [-0.2, -0.15) is 0 Å². The Morgan fingerprint density at radius 2 is 1.96 bits per heavy atom. The Morgan fingerprint density at radius 3 is 2.58 bits per heavy atom. The number of nitrogens with zero attached hydrogens (tertiary/aromatic N) is 1. The topological polar surface area (TPSA) is 77.7 Å². The predicted molar refractivity (Wildman–Crippen MR) is 94.0 cm³/mol. The lowest BCUT2D eigenvalue weighted by Crippen LogP contribution is -2.47. The minimum absolute atomic E-state index is 0.0647. The van der Waals surface area contributed by atoms with Gasteiger partial charge in [-0.15, -0.1) is 0 Å². The number of carbonyl (C=O) groups excluding carboxylic acids is 1. The molecule has 0 aliphatic heterocycles. The Hall–Kier alpha value is -2.47. The van der Waals surface area contributed by atoms with Crippen molar-refractivity contribution >= 4 is 11.7 Å². The largest absolute Gasteiger partial charge is 0.466 e. The fraction of sp³-hybridized carbons (Fsp3) is 0.389. The summed E-state index contributed by atoms with van der Waals surface area (Å²) in [5.41, 5.74) is -0.152. The van der Waals surface area contributed by atoms with Crippen LogP contribution < -0.4 is 15.5 Å². The van der Waals surface area contributed by atoms with E-state index in [0.717, 1.165) is 5.69 Å². The molecule has 1 aromatic heterocycles. The third-order valence-electron chi connectivity index (χ3n) is 4.03. The highest BCUT2D eigenvalue weighted by atomic mass is 16.4. The van der Waals surface area contributed by atoms with Crippen molar-refractivity contribution in [1.29, 1.82) is 0 Å². The molecule has 3 N–H and O–H groups in total. The van der Waals surface area contributed by atoms with Gasteiger partial charge in [0.25, 0.3) is 0 Å². The van der Waals surface area contributed by atoms with Gasteiger partial charge < -0.3 is 25.1 Å². The molecule has 2 rings (SSSR count). The molecule has 6 heteroatoms. The van der Waals surface area contributed by atoms with E-state index in [4.69, 9.17) is 4.42 Å². The van der Waals surface area contributed by atoms with Gasteiger partial charge in [-0.3, -0.25) is 0 Å². The van der Waals surface area contributed by atoms with Crippen LogP contribution in [0.15, 0.2) is 53.1 Å². The summed E-state index contributed by atoms with van der Waals surface area (Å²) in [7, 11) is 1.99. The van der Waals surface area contributed by atoms with Gasteiger partial charge in [0.05, 0.1) is 12.8 Å². The molecule has 0 saturated heterocycles. The summed E-state index contributed by atoms with van der Waals surface area (Å²) in [6, 6.07) is 13.2. The van der Waals surface area contributed by atoms with Crippen molar-refractivity contribution in [2.45, 2.75) is 25.5 Å². The number of aliphatic hydroxyl groups is 1. The lowest BCUT2D eigenvalue weighted by Gasteiger charge is -2.27. The molecule has 2 amide bonds. The quantitative estimate of drug-likeness (QED) is 0.727. The number of amides is 2. The maximum atomic E-state index is 11.9. The summed E-state index contributed by atoms with van der Waals surface area (Å²) < 4.78 is 5.18. The molecule has 0 fully saturated rings. The summed E-state index contributed by atoms with van der Waals surface area (Å²) in [6.07, 6.45) is 1.49.